The summed E-state index contributed by atoms with van der Waals surface area (Å²) < 4.78 is 17.6. The van der Waals surface area contributed by atoms with Gasteiger partial charge >= 0.3 is 11.9 Å². The zero-order valence-electron chi connectivity index (χ0n) is 16.1. The predicted octanol–water partition coefficient (Wildman–Crippen LogP) is 2.16. The number of methoxy groups -OCH3 is 2. The second kappa shape index (κ2) is 7.96. The number of nitrogens with zero attached hydrogens (tertiary/aromatic N) is 2. The second-order valence-electron chi connectivity index (χ2n) is 6.64. The third-order valence-electron chi connectivity index (χ3n) is 5.00. The van der Waals surface area contributed by atoms with Gasteiger partial charge in [0.05, 0.1) is 37.0 Å². The lowest BCUT2D eigenvalue weighted by molar-refractivity contribution is -0.137. The summed E-state index contributed by atoms with van der Waals surface area (Å²) in [6.07, 6.45) is 4.31. The number of ether oxygens (including phenoxy) is 3. The van der Waals surface area contributed by atoms with Crippen molar-refractivity contribution in [2.24, 2.45) is 0 Å². The molecule has 1 aromatic rings. The Hall–Kier alpha value is -2.61. The molecule has 1 fully saturated rings. The van der Waals surface area contributed by atoms with Crippen LogP contribution in [0.15, 0.2) is 34.8 Å². The minimum atomic E-state index is -0.654. The molecule has 3 rings (SSSR count). The lowest BCUT2D eigenvalue weighted by atomic mass is 9.83. The van der Waals surface area contributed by atoms with Gasteiger partial charge in [-0.15, -0.1) is 0 Å². The van der Waals surface area contributed by atoms with Crippen LogP contribution in [0.2, 0.25) is 0 Å². The summed E-state index contributed by atoms with van der Waals surface area (Å²) in [5, 5.41) is 7.52. The van der Waals surface area contributed by atoms with Gasteiger partial charge in [-0.2, -0.15) is 5.10 Å². The number of rotatable bonds is 4. The van der Waals surface area contributed by atoms with E-state index in [4.69, 9.17) is 14.2 Å². The number of aromatic nitrogens is 2. The van der Waals surface area contributed by atoms with Crippen molar-refractivity contribution in [3.8, 4) is 0 Å². The van der Waals surface area contributed by atoms with Crippen molar-refractivity contribution in [1.29, 1.82) is 0 Å². The van der Waals surface area contributed by atoms with Crippen LogP contribution in [0.1, 0.15) is 50.9 Å². The van der Waals surface area contributed by atoms with Gasteiger partial charge < -0.3 is 19.5 Å². The van der Waals surface area contributed by atoms with E-state index in [1.807, 2.05) is 0 Å². The first-order valence-corrected chi connectivity index (χ1v) is 8.99. The second-order valence-corrected chi connectivity index (χ2v) is 6.64. The lowest BCUT2D eigenvalue weighted by Gasteiger charge is -2.32. The number of carbonyl (C=O) groups excluding carboxylic acids is 2. The maximum Gasteiger partial charge on any atom is 0.336 e. The zero-order chi connectivity index (χ0) is 19.6. The van der Waals surface area contributed by atoms with Gasteiger partial charge in [-0.1, -0.05) is 0 Å². The first kappa shape index (κ1) is 19.2. The molecule has 0 amide bonds. The van der Waals surface area contributed by atoms with E-state index in [-0.39, 0.29) is 6.23 Å². The van der Waals surface area contributed by atoms with Crippen LogP contribution < -0.4 is 5.32 Å². The highest BCUT2D eigenvalue weighted by Gasteiger charge is 2.40. The van der Waals surface area contributed by atoms with Crippen LogP contribution >= 0.6 is 0 Å². The van der Waals surface area contributed by atoms with Crippen molar-refractivity contribution in [2.75, 3.05) is 20.8 Å². The summed E-state index contributed by atoms with van der Waals surface area (Å²) in [6, 6.07) is 1.81. The summed E-state index contributed by atoms with van der Waals surface area (Å²) >= 11 is 0. The molecule has 3 heterocycles. The minimum absolute atomic E-state index is 0.225. The van der Waals surface area contributed by atoms with Crippen LogP contribution in [0.4, 0.5) is 0 Å². The summed E-state index contributed by atoms with van der Waals surface area (Å²) in [7, 11) is 2.65. The number of esters is 2. The number of hydrogen-bond acceptors (Lipinski definition) is 7. The molecule has 1 atom stereocenters. The third-order valence-corrected chi connectivity index (χ3v) is 5.00. The fourth-order valence-corrected chi connectivity index (χ4v) is 3.76. The maximum absolute atomic E-state index is 12.6. The lowest BCUT2D eigenvalue weighted by Crippen LogP contribution is -2.34. The maximum atomic E-state index is 12.6. The van der Waals surface area contributed by atoms with E-state index in [0.717, 1.165) is 19.3 Å². The van der Waals surface area contributed by atoms with E-state index in [0.29, 0.717) is 34.8 Å². The van der Waals surface area contributed by atoms with Crippen molar-refractivity contribution < 1.29 is 23.8 Å². The number of allylic oxidation sites excluding steroid dienone is 2. The molecule has 0 radical (unpaired) electrons. The topological polar surface area (TPSA) is 91.7 Å². The SMILES string of the molecule is COC(=O)C1=C(C)NC(C)=C(C(=O)OC)C1c1ccnn1[C@H]1CCCCO1. The highest BCUT2D eigenvalue weighted by Crippen LogP contribution is 2.40. The highest BCUT2D eigenvalue weighted by molar-refractivity contribution is 5.99. The van der Waals surface area contributed by atoms with E-state index in [1.165, 1.54) is 14.2 Å². The Morgan fingerprint density at radius 1 is 1.15 bits per heavy atom. The fraction of sp³-hybridized carbons (Fsp3) is 0.526. The van der Waals surface area contributed by atoms with Crippen molar-refractivity contribution in [1.82, 2.24) is 15.1 Å². The van der Waals surface area contributed by atoms with Crippen LogP contribution in [-0.4, -0.2) is 42.5 Å². The van der Waals surface area contributed by atoms with Gasteiger partial charge in [-0.3, -0.25) is 0 Å². The van der Waals surface area contributed by atoms with E-state index in [2.05, 4.69) is 10.4 Å². The number of nitrogens with one attached hydrogen (secondary N) is 1. The Morgan fingerprint density at radius 2 is 1.78 bits per heavy atom. The van der Waals surface area contributed by atoms with Crippen LogP contribution in [0, 0.1) is 0 Å². The molecule has 1 aromatic heterocycles. The Kier molecular flexibility index (Phi) is 5.65. The fourth-order valence-electron chi connectivity index (χ4n) is 3.76. The average Bonchev–Trinajstić information content (AvgIpc) is 3.16. The van der Waals surface area contributed by atoms with Crippen molar-refractivity contribution >= 4 is 11.9 Å². The molecule has 0 spiro atoms. The Morgan fingerprint density at radius 3 is 2.30 bits per heavy atom. The molecule has 146 valence electrons. The summed E-state index contributed by atoms with van der Waals surface area (Å²) in [5.74, 6) is -1.66. The number of carbonyl (C=O) groups is 2. The van der Waals surface area contributed by atoms with Crippen molar-refractivity contribution in [2.45, 2.75) is 45.3 Å². The van der Waals surface area contributed by atoms with Gasteiger partial charge in [0.15, 0.2) is 0 Å². The van der Waals surface area contributed by atoms with Crippen LogP contribution in [0.25, 0.3) is 0 Å². The van der Waals surface area contributed by atoms with E-state index < -0.39 is 17.9 Å². The van der Waals surface area contributed by atoms with Gasteiger partial charge in [0.2, 0.25) is 0 Å². The van der Waals surface area contributed by atoms with Crippen molar-refractivity contribution in [3.63, 3.8) is 0 Å². The quantitative estimate of drug-likeness (QED) is 0.806. The predicted molar refractivity (Wildman–Crippen MR) is 96.4 cm³/mol. The number of hydrogen-bond donors (Lipinski definition) is 1. The molecule has 0 unspecified atom stereocenters. The van der Waals surface area contributed by atoms with Crippen LogP contribution in [0.3, 0.4) is 0 Å². The number of dihydropyridines is 1. The molecule has 2 aliphatic heterocycles. The van der Waals surface area contributed by atoms with Gasteiger partial charge in [0.25, 0.3) is 0 Å². The van der Waals surface area contributed by atoms with E-state index in [1.54, 1.807) is 30.8 Å². The molecule has 1 N–H and O–H groups in total. The first-order chi connectivity index (χ1) is 13.0. The summed E-state index contributed by atoms with van der Waals surface area (Å²) in [6.45, 7) is 4.23. The average molecular weight is 375 g/mol. The molecule has 2 aliphatic rings. The van der Waals surface area contributed by atoms with Gasteiger partial charge in [-0.25, -0.2) is 14.3 Å². The Labute approximate surface area is 158 Å². The molecule has 0 aliphatic carbocycles. The molecule has 1 saturated heterocycles. The van der Waals surface area contributed by atoms with Crippen LogP contribution in [-0.2, 0) is 23.8 Å². The Bertz CT molecular complexity index is 764. The summed E-state index contributed by atoms with van der Waals surface area (Å²) in [5.41, 5.74) is 2.69. The molecule has 8 nitrogen and oxygen atoms in total. The molecule has 0 saturated carbocycles. The van der Waals surface area contributed by atoms with Gasteiger partial charge in [0, 0.05) is 24.2 Å². The summed E-state index contributed by atoms with van der Waals surface area (Å²) in [4.78, 5) is 25.2. The van der Waals surface area contributed by atoms with Gasteiger partial charge in [-0.05, 0) is 39.2 Å². The van der Waals surface area contributed by atoms with Crippen LogP contribution in [0.5, 0.6) is 0 Å². The Balaban J connectivity index is 2.15. The van der Waals surface area contributed by atoms with E-state index in [9.17, 15) is 9.59 Å². The first-order valence-electron chi connectivity index (χ1n) is 8.99. The smallest absolute Gasteiger partial charge is 0.336 e. The van der Waals surface area contributed by atoms with Crippen molar-refractivity contribution in [3.05, 3.63) is 40.5 Å². The molecule has 0 bridgehead atoms. The molecular formula is C19H25N3O5. The highest BCUT2D eigenvalue weighted by atomic mass is 16.5. The van der Waals surface area contributed by atoms with Gasteiger partial charge in [0.1, 0.15) is 6.23 Å². The monoisotopic (exact) mass is 375 g/mol. The van der Waals surface area contributed by atoms with E-state index >= 15 is 0 Å². The molecular weight excluding hydrogens is 350 g/mol. The minimum Gasteiger partial charge on any atom is -0.466 e. The third kappa shape index (κ3) is 3.49. The molecule has 27 heavy (non-hydrogen) atoms. The normalized spacial score (nSPS) is 21.1. The molecule has 8 heteroatoms. The standard InChI is InChI=1S/C19H25N3O5/c1-11-15(18(23)25-3)17(16(12(2)21-11)19(24)26-4)13-8-9-20-22(13)14-7-5-6-10-27-14/h8-9,14,17,21H,5-7,10H2,1-4H3/t14-/m1/s1. The largest absolute Gasteiger partial charge is 0.466 e. The zero-order valence-corrected chi connectivity index (χ0v) is 16.1. The molecule has 0 aromatic carbocycles.